The molecular weight excluding hydrogens is 551 g/mol. The van der Waals surface area contributed by atoms with Crippen molar-refractivity contribution in [2.45, 2.75) is 38.2 Å². The number of anilines is 3. The summed E-state index contributed by atoms with van der Waals surface area (Å²) in [4.78, 5) is 42.0. The van der Waals surface area contributed by atoms with Crippen LogP contribution in [0.2, 0.25) is 0 Å². The summed E-state index contributed by atoms with van der Waals surface area (Å²) in [5.41, 5.74) is 2.09. The first-order chi connectivity index (χ1) is 20.9. The summed E-state index contributed by atoms with van der Waals surface area (Å²) in [6, 6.07) is 9.84. The Balaban J connectivity index is 1.33. The van der Waals surface area contributed by atoms with Crippen LogP contribution in [0.3, 0.4) is 0 Å². The van der Waals surface area contributed by atoms with Gasteiger partial charge in [-0.15, -0.1) is 0 Å². The van der Waals surface area contributed by atoms with Crippen molar-refractivity contribution >= 4 is 34.0 Å². The summed E-state index contributed by atoms with van der Waals surface area (Å²) in [5.74, 6) is -0.0673. The molecule has 0 radical (unpaired) electrons. The molecule has 10 nitrogen and oxygen atoms in total. The number of hydrogen-bond acceptors (Lipinski definition) is 8. The van der Waals surface area contributed by atoms with Gasteiger partial charge < -0.3 is 29.6 Å². The number of carbonyl (C=O) groups excluding carboxylic acids is 1. The molecule has 2 fully saturated rings. The van der Waals surface area contributed by atoms with Gasteiger partial charge >= 0.3 is 0 Å². The number of methoxy groups -OCH3 is 2. The number of nitrogens with one attached hydrogen (secondary N) is 2. The molecule has 0 atom stereocenters. The number of rotatable bonds is 7. The lowest BCUT2D eigenvalue weighted by atomic mass is 10.0. The molecule has 1 amide bonds. The fourth-order valence-corrected chi connectivity index (χ4v) is 5.92. The van der Waals surface area contributed by atoms with Crippen molar-refractivity contribution in [3.8, 4) is 17.0 Å². The lowest BCUT2D eigenvalue weighted by molar-refractivity contribution is 0.0720. The van der Waals surface area contributed by atoms with Gasteiger partial charge in [0.15, 0.2) is 0 Å². The number of hydrogen-bond donors (Lipinski definition) is 2. The number of H-pyrrole nitrogens is 1. The van der Waals surface area contributed by atoms with Crippen LogP contribution in [0.4, 0.5) is 21.6 Å². The van der Waals surface area contributed by atoms with Crippen molar-refractivity contribution < 1.29 is 18.7 Å². The molecular formula is C32H35FN6O4. The minimum atomic E-state index is -0.608. The first kappa shape index (κ1) is 28.6. The molecule has 0 aliphatic carbocycles. The van der Waals surface area contributed by atoms with Gasteiger partial charge in [-0.3, -0.25) is 9.59 Å². The van der Waals surface area contributed by atoms with E-state index in [1.54, 1.807) is 30.3 Å². The van der Waals surface area contributed by atoms with Gasteiger partial charge in [0.1, 0.15) is 17.4 Å². The van der Waals surface area contributed by atoms with Gasteiger partial charge in [-0.1, -0.05) is 0 Å². The van der Waals surface area contributed by atoms with E-state index in [1.807, 2.05) is 12.1 Å². The fourth-order valence-electron chi connectivity index (χ4n) is 5.92. The van der Waals surface area contributed by atoms with Gasteiger partial charge in [-0.2, -0.15) is 0 Å². The topological polar surface area (TPSA) is 113 Å². The molecule has 2 saturated heterocycles. The Bertz CT molecular complexity index is 1680. The van der Waals surface area contributed by atoms with Gasteiger partial charge in [-0.05, 0) is 68.5 Å². The fraction of sp³-hybridized carbons (Fsp3) is 0.375. The molecule has 43 heavy (non-hydrogen) atoms. The van der Waals surface area contributed by atoms with Crippen molar-refractivity contribution in [3.63, 3.8) is 0 Å². The average Bonchev–Trinajstić information content (AvgIpc) is 3.05. The molecule has 2 aliphatic rings. The Labute approximate surface area is 248 Å². The van der Waals surface area contributed by atoms with Crippen molar-refractivity contribution in [3.05, 3.63) is 70.5 Å². The number of aromatic amines is 1. The summed E-state index contributed by atoms with van der Waals surface area (Å²) in [5, 5.41) is 3.56. The Hall–Kier alpha value is -4.51. The first-order valence-corrected chi connectivity index (χ1v) is 14.7. The van der Waals surface area contributed by atoms with E-state index in [2.05, 4.69) is 25.2 Å². The van der Waals surface area contributed by atoms with Crippen LogP contribution >= 0.6 is 0 Å². The maximum atomic E-state index is 15.7. The second kappa shape index (κ2) is 12.4. The van der Waals surface area contributed by atoms with Crippen LogP contribution in [0.25, 0.3) is 22.2 Å². The number of aromatic nitrogens is 3. The zero-order chi connectivity index (χ0) is 29.9. The maximum absolute atomic E-state index is 15.7. The van der Waals surface area contributed by atoms with E-state index in [0.717, 1.165) is 50.9 Å². The molecule has 2 N–H and O–H groups in total. The van der Waals surface area contributed by atoms with Crippen LogP contribution in [-0.4, -0.2) is 72.3 Å². The summed E-state index contributed by atoms with van der Waals surface area (Å²) in [6.07, 6.45) is 8.43. The predicted octanol–water partition coefficient (Wildman–Crippen LogP) is 5.12. The molecule has 0 unspecified atom stereocenters. The van der Waals surface area contributed by atoms with E-state index < -0.39 is 5.82 Å². The highest BCUT2D eigenvalue weighted by Crippen LogP contribution is 2.34. The quantitative estimate of drug-likeness (QED) is 0.307. The normalized spacial score (nSPS) is 16.0. The minimum absolute atomic E-state index is 0.153. The van der Waals surface area contributed by atoms with E-state index in [1.165, 1.54) is 25.4 Å². The second-order valence-electron chi connectivity index (χ2n) is 11.0. The number of amides is 1. The number of halogens is 1. The maximum Gasteiger partial charge on any atom is 0.259 e. The van der Waals surface area contributed by atoms with Crippen molar-refractivity contribution in [2.75, 3.05) is 50.6 Å². The first-order valence-electron chi connectivity index (χ1n) is 14.7. The minimum Gasteiger partial charge on any atom is -0.496 e. The standard InChI is InChI=1S/C32H35FN6O4/c1-42-21-9-14-38(15-10-21)20-6-7-29(35-19-20)37-27-18-26(36-25-8-11-34-31(40)30(25)27)22-17-28(43-2)23(16-24(22)33)32(41)39-12-4-3-5-13-39/h6-8,11,16-19,21H,3-5,9-10,12-15H2,1-2H3,(H,34,40)(H,35,36,37). The molecule has 224 valence electrons. The number of nitrogens with zero attached hydrogens (tertiary/aromatic N) is 4. The molecule has 4 aromatic rings. The lowest BCUT2D eigenvalue weighted by Crippen LogP contribution is -2.36. The zero-order valence-corrected chi connectivity index (χ0v) is 24.4. The van der Waals surface area contributed by atoms with Gasteiger partial charge in [0.05, 0.1) is 52.9 Å². The molecule has 11 heteroatoms. The van der Waals surface area contributed by atoms with Gasteiger partial charge in [0, 0.05) is 45.0 Å². The largest absolute Gasteiger partial charge is 0.496 e. The molecule has 0 bridgehead atoms. The van der Waals surface area contributed by atoms with E-state index in [0.29, 0.717) is 35.5 Å². The summed E-state index contributed by atoms with van der Waals surface area (Å²) in [6.45, 7) is 3.06. The molecule has 5 heterocycles. The highest BCUT2D eigenvalue weighted by atomic mass is 19.1. The van der Waals surface area contributed by atoms with Crippen LogP contribution in [0.1, 0.15) is 42.5 Å². The van der Waals surface area contributed by atoms with Gasteiger partial charge in [0.2, 0.25) is 0 Å². The second-order valence-corrected chi connectivity index (χ2v) is 11.0. The van der Waals surface area contributed by atoms with Gasteiger partial charge in [-0.25, -0.2) is 14.4 Å². The molecule has 2 aliphatic heterocycles. The van der Waals surface area contributed by atoms with Gasteiger partial charge in [0.25, 0.3) is 11.5 Å². The number of fused-ring (bicyclic) bond motifs is 1. The monoisotopic (exact) mass is 586 g/mol. The third kappa shape index (κ3) is 5.90. The molecule has 0 spiro atoms. The van der Waals surface area contributed by atoms with Crippen molar-refractivity contribution in [1.82, 2.24) is 19.9 Å². The third-order valence-corrected chi connectivity index (χ3v) is 8.32. The molecule has 0 saturated carbocycles. The van der Waals surface area contributed by atoms with E-state index in [9.17, 15) is 9.59 Å². The van der Waals surface area contributed by atoms with E-state index in [4.69, 9.17) is 9.47 Å². The number of carbonyl (C=O) groups is 1. The smallest absolute Gasteiger partial charge is 0.259 e. The number of likely N-dealkylation sites (tertiary alicyclic amines) is 1. The highest BCUT2D eigenvalue weighted by Gasteiger charge is 2.25. The van der Waals surface area contributed by atoms with Crippen LogP contribution in [0.5, 0.6) is 5.75 Å². The summed E-state index contributed by atoms with van der Waals surface area (Å²) >= 11 is 0. The Morgan fingerprint density at radius 2 is 1.84 bits per heavy atom. The Morgan fingerprint density at radius 3 is 2.53 bits per heavy atom. The number of piperidine rings is 2. The SMILES string of the molecule is COc1cc(-c2cc(Nc3ccc(N4CCC(OC)CC4)cn3)c3c(=O)[nH]ccc3n2)c(F)cc1C(=O)N1CCCCC1. The highest BCUT2D eigenvalue weighted by molar-refractivity contribution is 5.98. The summed E-state index contributed by atoms with van der Waals surface area (Å²) < 4.78 is 26.7. The number of benzene rings is 1. The number of ether oxygens (including phenoxy) is 2. The lowest BCUT2D eigenvalue weighted by Gasteiger charge is -2.32. The van der Waals surface area contributed by atoms with Crippen molar-refractivity contribution in [1.29, 1.82) is 0 Å². The average molecular weight is 587 g/mol. The van der Waals surface area contributed by atoms with Crippen LogP contribution in [0.15, 0.2) is 53.6 Å². The number of pyridine rings is 3. The van der Waals surface area contributed by atoms with Crippen LogP contribution in [0, 0.1) is 5.82 Å². The van der Waals surface area contributed by atoms with E-state index in [-0.39, 0.29) is 40.1 Å². The zero-order valence-electron chi connectivity index (χ0n) is 24.4. The molecule has 1 aromatic carbocycles. The summed E-state index contributed by atoms with van der Waals surface area (Å²) in [7, 11) is 3.21. The van der Waals surface area contributed by atoms with Crippen LogP contribution < -0.4 is 20.5 Å². The molecule has 6 rings (SSSR count). The third-order valence-electron chi connectivity index (χ3n) is 8.32. The molecule has 3 aromatic heterocycles. The Kier molecular flexibility index (Phi) is 8.24. The Morgan fingerprint density at radius 1 is 1.05 bits per heavy atom. The van der Waals surface area contributed by atoms with Crippen LogP contribution in [-0.2, 0) is 4.74 Å². The predicted molar refractivity (Wildman–Crippen MR) is 164 cm³/mol. The van der Waals surface area contributed by atoms with Crippen molar-refractivity contribution in [2.24, 2.45) is 0 Å². The van der Waals surface area contributed by atoms with E-state index >= 15 is 4.39 Å².